The largest absolute Gasteiger partial charge is 0.249 e. The highest BCUT2D eigenvalue weighted by atomic mass is 32.2. The summed E-state index contributed by atoms with van der Waals surface area (Å²) < 4.78 is 0. The van der Waals surface area contributed by atoms with E-state index in [-0.39, 0.29) is 0 Å². The number of aryl methyl sites for hydroxylation is 2. The van der Waals surface area contributed by atoms with Crippen LogP contribution in [0.3, 0.4) is 0 Å². The van der Waals surface area contributed by atoms with E-state index in [1.54, 1.807) is 18.3 Å². The van der Waals surface area contributed by atoms with Crippen molar-refractivity contribution in [3.8, 4) is 6.07 Å². The summed E-state index contributed by atoms with van der Waals surface area (Å²) in [6, 6.07) is 5.50. The van der Waals surface area contributed by atoms with Crippen LogP contribution >= 0.6 is 11.8 Å². The van der Waals surface area contributed by atoms with Crippen molar-refractivity contribution in [2.45, 2.75) is 31.0 Å². The van der Waals surface area contributed by atoms with Crippen molar-refractivity contribution in [2.24, 2.45) is 0 Å². The van der Waals surface area contributed by atoms with Gasteiger partial charge in [-0.15, -0.1) is 0 Å². The van der Waals surface area contributed by atoms with E-state index in [2.05, 4.69) is 21.0 Å². The maximum atomic E-state index is 8.83. The van der Waals surface area contributed by atoms with E-state index in [1.165, 1.54) is 11.8 Å². The molecule has 5 heteroatoms. The number of rotatable bonds is 2. The van der Waals surface area contributed by atoms with E-state index in [1.807, 2.05) is 20.8 Å². The Morgan fingerprint density at radius 1 is 1.17 bits per heavy atom. The minimum absolute atomic E-state index is 0.591. The number of aromatic nitrogens is 3. The summed E-state index contributed by atoms with van der Waals surface area (Å²) in [6.45, 7) is 5.94. The number of hydrogen-bond acceptors (Lipinski definition) is 5. The molecule has 2 rings (SSSR count). The van der Waals surface area contributed by atoms with Crippen LogP contribution < -0.4 is 0 Å². The number of nitrogens with zero attached hydrogens (tertiary/aromatic N) is 4. The molecular formula is C13H12N4S. The highest BCUT2D eigenvalue weighted by molar-refractivity contribution is 7.99. The molecule has 0 spiro atoms. The summed E-state index contributed by atoms with van der Waals surface area (Å²) in [4.78, 5) is 13.0. The quantitative estimate of drug-likeness (QED) is 0.773. The molecule has 0 N–H and O–H groups in total. The number of hydrogen-bond donors (Lipinski definition) is 0. The summed E-state index contributed by atoms with van der Waals surface area (Å²) in [5.41, 5.74) is 3.65. The van der Waals surface area contributed by atoms with Gasteiger partial charge < -0.3 is 0 Å². The molecule has 0 saturated carbocycles. The second-order valence-corrected chi connectivity index (χ2v) is 4.89. The van der Waals surface area contributed by atoms with E-state index in [4.69, 9.17) is 5.26 Å². The fourth-order valence-corrected chi connectivity index (χ4v) is 2.27. The van der Waals surface area contributed by atoms with Crippen molar-refractivity contribution in [2.75, 3.05) is 0 Å². The zero-order valence-electron chi connectivity index (χ0n) is 10.4. The van der Waals surface area contributed by atoms with E-state index >= 15 is 0 Å². The summed E-state index contributed by atoms with van der Waals surface area (Å²) >= 11 is 1.37. The molecule has 2 aromatic heterocycles. The van der Waals surface area contributed by atoms with Crippen LogP contribution in [0.1, 0.15) is 22.5 Å². The average Bonchev–Trinajstić information content (AvgIpc) is 2.36. The topological polar surface area (TPSA) is 62.5 Å². The minimum Gasteiger partial charge on any atom is -0.249 e. The Hall–Kier alpha value is -1.93. The standard InChI is InChI=1S/C13H12N4S/c1-8-9(2)16-13(17-10(8)3)18-12-6-11(7-14)4-5-15-12/h4-6H,1-3H3. The molecule has 0 aliphatic carbocycles. The smallest absolute Gasteiger partial charge is 0.194 e. The molecule has 2 aromatic rings. The van der Waals surface area contributed by atoms with Crippen LogP contribution in [0.2, 0.25) is 0 Å². The van der Waals surface area contributed by atoms with Crippen molar-refractivity contribution in [3.05, 3.63) is 40.8 Å². The van der Waals surface area contributed by atoms with Crippen LogP contribution in [-0.2, 0) is 0 Å². The van der Waals surface area contributed by atoms with Gasteiger partial charge >= 0.3 is 0 Å². The Morgan fingerprint density at radius 2 is 1.83 bits per heavy atom. The fourth-order valence-electron chi connectivity index (χ4n) is 1.42. The van der Waals surface area contributed by atoms with Crippen molar-refractivity contribution in [3.63, 3.8) is 0 Å². The first-order valence-electron chi connectivity index (χ1n) is 5.46. The van der Waals surface area contributed by atoms with Crippen LogP contribution in [-0.4, -0.2) is 15.0 Å². The van der Waals surface area contributed by atoms with Crippen LogP contribution in [0.25, 0.3) is 0 Å². The maximum Gasteiger partial charge on any atom is 0.194 e. The van der Waals surface area contributed by atoms with Crippen molar-refractivity contribution >= 4 is 11.8 Å². The monoisotopic (exact) mass is 256 g/mol. The molecule has 0 radical (unpaired) electrons. The van der Waals surface area contributed by atoms with Crippen molar-refractivity contribution < 1.29 is 0 Å². The minimum atomic E-state index is 0.591. The van der Waals surface area contributed by atoms with Gasteiger partial charge in [-0.25, -0.2) is 15.0 Å². The summed E-state index contributed by atoms with van der Waals surface area (Å²) in [7, 11) is 0. The van der Waals surface area contributed by atoms with Crippen molar-refractivity contribution in [1.29, 1.82) is 5.26 Å². The lowest BCUT2D eigenvalue weighted by molar-refractivity contribution is 0.878. The third kappa shape index (κ3) is 2.66. The van der Waals surface area contributed by atoms with Gasteiger partial charge in [0.25, 0.3) is 0 Å². The molecule has 0 aliphatic rings. The van der Waals surface area contributed by atoms with E-state index in [9.17, 15) is 0 Å². The third-order valence-electron chi connectivity index (χ3n) is 2.67. The summed E-state index contributed by atoms with van der Waals surface area (Å²) in [5, 5.41) is 10.2. The van der Waals surface area contributed by atoms with Crippen LogP contribution in [0, 0.1) is 32.1 Å². The van der Waals surface area contributed by atoms with Gasteiger partial charge in [0, 0.05) is 17.6 Å². The molecule has 0 aromatic carbocycles. The van der Waals surface area contributed by atoms with Gasteiger partial charge in [-0.2, -0.15) is 5.26 Å². The Kier molecular flexibility index (Phi) is 3.58. The molecular weight excluding hydrogens is 244 g/mol. The molecule has 0 amide bonds. The molecule has 2 heterocycles. The average molecular weight is 256 g/mol. The molecule has 0 bridgehead atoms. The van der Waals surface area contributed by atoms with E-state index in [0.29, 0.717) is 10.7 Å². The third-order valence-corrected chi connectivity index (χ3v) is 3.47. The zero-order valence-corrected chi connectivity index (χ0v) is 11.2. The summed E-state index contributed by atoms with van der Waals surface area (Å²) in [5.74, 6) is 0. The SMILES string of the molecule is Cc1nc(Sc2cc(C#N)ccn2)nc(C)c1C. The maximum absolute atomic E-state index is 8.83. The Bertz CT molecular complexity index is 608. The lowest BCUT2D eigenvalue weighted by atomic mass is 10.2. The molecule has 0 aliphatic heterocycles. The predicted octanol–water partition coefficient (Wildman–Crippen LogP) is 2.82. The first-order valence-corrected chi connectivity index (χ1v) is 6.27. The van der Waals surface area contributed by atoms with Gasteiger partial charge in [0.2, 0.25) is 0 Å². The van der Waals surface area contributed by atoms with Crippen LogP contribution in [0.5, 0.6) is 0 Å². The van der Waals surface area contributed by atoms with E-state index in [0.717, 1.165) is 22.0 Å². The molecule has 4 nitrogen and oxygen atoms in total. The van der Waals surface area contributed by atoms with Gasteiger partial charge in [0.15, 0.2) is 5.16 Å². The molecule has 18 heavy (non-hydrogen) atoms. The first kappa shape index (κ1) is 12.5. The first-order chi connectivity index (χ1) is 8.60. The normalized spacial score (nSPS) is 10.1. The molecule has 0 fully saturated rings. The van der Waals surface area contributed by atoms with Gasteiger partial charge in [-0.1, -0.05) is 0 Å². The highest BCUT2D eigenvalue weighted by Gasteiger charge is 2.07. The second-order valence-electron chi connectivity index (χ2n) is 3.90. The zero-order chi connectivity index (χ0) is 13.1. The Balaban J connectivity index is 2.32. The Labute approximate surface area is 110 Å². The predicted molar refractivity (Wildman–Crippen MR) is 69.3 cm³/mol. The number of pyridine rings is 1. The lowest BCUT2D eigenvalue weighted by Crippen LogP contribution is -1.98. The van der Waals surface area contributed by atoms with Gasteiger partial charge in [0.05, 0.1) is 11.6 Å². The number of nitriles is 1. The fraction of sp³-hybridized carbons (Fsp3) is 0.231. The van der Waals surface area contributed by atoms with Gasteiger partial charge in [0.1, 0.15) is 5.03 Å². The highest BCUT2D eigenvalue weighted by Crippen LogP contribution is 2.24. The molecule has 0 atom stereocenters. The summed E-state index contributed by atoms with van der Waals surface area (Å²) in [6.07, 6.45) is 1.62. The molecule has 90 valence electrons. The lowest BCUT2D eigenvalue weighted by Gasteiger charge is -2.06. The van der Waals surface area contributed by atoms with Gasteiger partial charge in [-0.05, 0) is 50.2 Å². The van der Waals surface area contributed by atoms with Crippen molar-refractivity contribution in [1.82, 2.24) is 15.0 Å². The second kappa shape index (κ2) is 5.15. The Morgan fingerprint density at radius 3 is 2.44 bits per heavy atom. The van der Waals surface area contributed by atoms with Gasteiger partial charge in [-0.3, -0.25) is 0 Å². The van der Waals surface area contributed by atoms with E-state index < -0.39 is 0 Å². The van der Waals surface area contributed by atoms with Crippen LogP contribution in [0.15, 0.2) is 28.5 Å². The molecule has 0 saturated heterocycles. The molecule has 0 unspecified atom stereocenters. The van der Waals surface area contributed by atoms with Crippen LogP contribution in [0.4, 0.5) is 0 Å².